The van der Waals surface area contributed by atoms with Crippen molar-refractivity contribution in [2.45, 2.75) is 75.4 Å². The molecule has 0 aromatic carbocycles. The van der Waals surface area contributed by atoms with Crippen molar-refractivity contribution in [2.75, 3.05) is 13.7 Å². The first kappa shape index (κ1) is 33.8. The van der Waals surface area contributed by atoms with Crippen LogP contribution in [-0.4, -0.2) is 94.7 Å². The van der Waals surface area contributed by atoms with E-state index in [2.05, 4.69) is 36.9 Å². The average Bonchev–Trinajstić information content (AvgIpc) is 3.96. The summed E-state index contributed by atoms with van der Waals surface area (Å²) >= 11 is 0. The molecule has 2 saturated carbocycles. The molecule has 15 nitrogen and oxygen atoms in total. The second kappa shape index (κ2) is 12.9. The van der Waals surface area contributed by atoms with E-state index in [9.17, 15) is 27.6 Å². The van der Waals surface area contributed by atoms with Crippen molar-refractivity contribution in [3.63, 3.8) is 0 Å². The van der Waals surface area contributed by atoms with Gasteiger partial charge < -0.3 is 25.0 Å². The summed E-state index contributed by atoms with van der Waals surface area (Å²) in [6.07, 6.45) is 4.05. The first-order valence-corrected chi connectivity index (χ1v) is 16.8. The molecular weight excluding hydrogens is 630 g/mol. The normalized spacial score (nSPS) is 24.4. The van der Waals surface area contributed by atoms with Crippen molar-refractivity contribution in [1.29, 1.82) is 0 Å². The number of aromatic nitrogens is 3. The summed E-state index contributed by atoms with van der Waals surface area (Å²) in [7, 11) is -2.71. The smallest absolute Gasteiger partial charge is 0.407 e. The van der Waals surface area contributed by atoms with Crippen LogP contribution in [0.4, 0.5) is 4.79 Å². The standard InChI is InChI=1S/C31H39N7O8S/c1-6-18-16-31(18,27(41)37-47(43,44)20-10-11-20)36-25(39)23-15-19(17-38(23)26(40)24(30(2,3)4)35-29(42)45-5)46-28-33-14-12-22(34-28)21-9-7-8-13-32-21/h6-9,12-14,18-20,23-24H,1,10-11,15-17H2,2-5H3,(H,35,42)(H,36,39)(H,37,41)/t18-,19+,23-,24+,31+/m0/s1. The van der Waals surface area contributed by atoms with Gasteiger partial charge in [0.15, 0.2) is 0 Å². The Morgan fingerprint density at radius 1 is 1.11 bits per heavy atom. The topological polar surface area (TPSA) is 199 Å². The van der Waals surface area contributed by atoms with Crippen LogP contribution in [0.1, 0.15) is 46.5 Å². The van der Waals surface area contributed by atoms with Gasteiger partial charge >= 0.3 is 12.1 Å². The van der Waals surface area contributed by atoms with Gasteiger partial charge in [-0.25, -0.2) is 18.2 Å². The van der Waals surface area contributed by atoms with E-state index >= 15 is 0 Å². The molecule has 16 heteroatoms. The minimum Gasteiger partial charge on any atom is -0.458 e. The molecule has 0 spiro atoms. The molecule has 2 aliphatic carbocycles. The maximum absolute atomic E-state index is 14.1. The van der Waals surface area contributed by atoms with Crippen LogP contribution in [0, 0.1) is 11.3 Å². The largest absolute Gasteiger partial charge is 0.458 e. The number of ether oxygens (including phenoxy) is 2. The Kier molecular flexibility index (Phi) is 9.26. The SMILES string of the molecule is C=C[C@H]1C[C@]1(NC(=O)[C@@H]1C[C@@H](Oc2nccc(-c3ccccn3)n2)CN1C(=O)[C@@H](NC(=O)OC)C(C)(C)C)C(=O)NS(=O)(=O)C1CC1. The minimum atomic E-state index is -3.89. The lowest BCUT2D eigenvalue weighted by Gasteiger charge is -2.35. The molecule has 2 aromatic rings. The minimum absolute atomic E-state index is 0.00159. The number of likely N-dealkylation sites (tertiary alicyclic amines) is 1. The number of hydrogen-bond donors (Lipinski definition) is 3. The van der Waals surface area contributed by atoms with Gasteiger partial charge in [-0.3, -0.25) is 24.1 Å². The number of carbonyl (C=O) groups is 4. The fourth-order valence-corrected chi connectivity index (χ4v) is 6.95. The van der Waals surface area contributed by atoms with Crippen LogP contribution in [0.5, 0.6) is 6.01 Å². The lowest BCUT2D eigenvalue weighted by molar-refractivity contribution is -0.142. The number of methoxy groups -OCH3 is 1. The van der Waals surface area contributed by atoms with Crippen molar-refractivity contribution in [1.82, 2.24) is 35.2 Å². The molecule has 5 atom stereocenters. The summed E-state index contributed by atoms with van der Waals surface area (Å²) in [5, 5.41) is 4.66. The summed E-state index contributed by atoms with van der Waals surface area (Å²) < 4.78 is 38.1. The zero-order chi connectivity index (χ0) is 34.1. The van der Waals surface area contributed by atoms with Gasteiger partial charge in [-0.2, -0.15) is 4.98 Å². The number of alkyl carbamates (subject to hydrolysis) is 1. The molecule has 5 rings (SSSR count). The molecule has 47 heavy (non-hydrogen) atoms. The second-order valence-corrected chi connectivity index (χ2v) is 15.0. The summed E-state index contributed by atoms with van der Waals surface area (Å²) in [5.41, 5.74) is -1.25. The van der Waals surface area contributed by atoms with Gasteiger partial charge in [0.05, 0.1) is 30.3 Å². The van der Waals surface area contributed by atoms with Crippen LogP contribution in [0.15, 0.2) is 49.3 Å². The lowest BCUT2D eigenvalue weighted by Crippen LogP contribution is -2.60. The van der Waals surface area contributed by atoms with E-state index in [1.54, 1.807) is 45.2 Å². The second-order valence-electron chi connectivity index (χ2n) is 13.0. The predicted octanol–water partition coefficient (Wildman–Crippen LogP) is 1.33. The maximum atomic E-state index is 14.1. The highest BCUT2D eigenvalue weighted by Crippen LogP contribution is 2.45. The Morgan fingerprint density at radius 2 is 1.85 bits per heavy atom. The molecule has 2 aromatic heterocycles. The molecule has 3 aliphatic rings. The van der Waals surface area contributed by atoms with Crippen LogP contribution in [0.2, 0.25) is 0 Å². The molecule has 3 heterocycles. The number of carbonyl (C=O) groups excluding carboxylic acids is 4. The Labute approximate surface area is 273 Å². The van der Waals surface area contributed by atoms with Crippen molar-refractivity contribution in [3.05, 3.63) is 49.3 Å². The van der Waals surface area contributed by atoms with Crippen molar-refractivity contribution >= 4 is 33.8 Å². The van der Waals surface area contributed by atoms with E-state index in [0.717, 1.165) is 0 Å². The Balaban J connectivity index is 1.41. The van der Waals surface area contributed by atoms with Gasteiger partial charge in [0.1, 0.15) is 23.7 Å². The third kappa shape index (κ3) is 7.37. The molecule has 4 amide bonds. The highest BCUT2D eigenvalue weighted by Gasteiger charge is 2.62. The van der Waals surface area contributed by atoms with Gasteiger partial charge in [-0.1, -0.05) is 32.9 Å². The molecule has 0 bridgehead atoms. The fraction of sp³-hybridized carbons (Fsp3) is 0.516. The lowest BCUT2D eigenvalue weighted by atomic mass is 9.85. The van der Waals surface area contributed by atoms with Crippen LogP contribution in [0.25, 0.3) is 11.4 Å². The van der Waals surface area contributed by atoms with Crippen molar-refractivity contribution in [3.8, 4) is 17.4 Å². The maximum Gasteiger partial charge on any atom is 0.407 e. The molecule has 3 N–H and O–H groups in total. The van der Waals surface area contributed by atoms with Gasteiger partial charge in [0.2, 0.25) is 21.8 Å². The number of rotatable bonds is 11. The summed E-state index contributed by atoms with van der Waals surface area (Å²) in [4.78, 5) is 67.9. The molecule has 1 saturated heterocycles. The van der Waals surface area contributed by atoms with Crippen molar-refractivity contribution in [2.24, 2.45) is 11.3 Å². The van der Waals surface area contributed by atoms with E-state index in [4.69, 9.17) is 9.47 Å². The predicted molar refractivity (Wildman–Crippen MR) is 168 cm³/mol. The summed E-state index contributed by atoms with van der Waals surface area (Å²) in [6, 6.07) is 4.77. The Hall–Kier alpha value is -4.60. The first-order chi connectivity index (χ1) is 22.2. The molecule has 0 unspecified atom stereocenters. The summed E-state index contributed by atoms with van der Waals surface area (Å²) in [5.74, 6) is -2.65. The van der Waals surface area contributed by atoms with Gasteiger partial charge in [-0.05, 0) is 42.9 Å². The van der Waals surface area contributed by atoms with E-state index in [0.29, 0.717) is 24.2 Å². The van der Waals surface area contributed by atoms with Crippen LogP contribution >= 0.6 is 0 Å². The van der Waals surface area contributed by atoms with E-state index in [-0.39, 0.29) is 25.4 Å². The van der Waals surface area contributed by atoms with E-state index < -0.39 is 74.1 Å². The number of nitrogens with zero attached hydrogens (tertiary/aromatic N) is 4. The highest BCUT2D eigenvalue weighted by atomic mass is 32.2. The Morgan fingerprint density at radius 3 is 2.45 bits per heavy atom. The van der Waals surface area contributed by atoms with Crippen LogP contribution in [0.3, 0.4) is 0 Å². The number of nitrogens with one attached hydrogen (secondary N) is 3. The summed E-state index contributed by atoms with van der Waals surface area (Å²) in [6.45, 7) is 8.90. The molecule has 252 valence electrons. The molecule has 0 radical (unpaired) electrons. The molecular formula is C31H39N7O8S. The zero-order valence-corrected chi connectivity index (χ0v) is 27.5. The van der Waals surface area contributed by atoms with E-state index in [1.807, 2.05) is 6.07 Å². The quantitative estimate of drug-likeness (QED) is 0.292. The van der Waals surface area contributed by atoms with E-state index in [1.165, 1.54) is 24.3 Å². The highest BCUT2D eigenvalue weighted by molar-refractivity contribution is 7.91. The molecule has 3 fully saturated rings. The van der Waals surface area contributed by atoms with Gasteiger partial charge in [-0.15, -0.1) is 6.58 Å². The Bertz CT molecular complexity index is 1660. The van der Waals surface area contributed by atoms with Crippen molar-refractivity contribution < 1.29 is 37.1 Å². The zero-order valence-electron chi connectivity index (χ0n) is 26.6. The third-order valence-corrected chi connectivity index (χ3v) is 10.3. The number of hydrogen-bond acceptors (Lipinski definition) is 11. The first-order valence-electron chi connectivity index (χ1n) is 15.2. The number of pyridine rings is 1. The number of amides is 4. The van der Waals surface area contributed by atoms with Gasteiger partial charge in [0.25, 0.3) is 5.91 Å². The van der Waals surface area contributed by atoms with Crippen LogP contribution < -0.4 is 20.1 Å². The molecule has 1 aliphatic heterocycles. The monoisotopic (exact) mass is 669 g/mol. The van der Waals surface area contributed by atoms with Crippen LogP contribution in [-0.2, 0) is 29.1 Å². The third-order valence-electron chi connectivity index (χ3n) is 8.49. The number of sulfonamides is 1. The average molecular weight is 670 g/mol. The van der Waals surface area contributed by atoms with Gasteiger partial charge in [0, 0.05) is 24.7 Å². The fourth-order valence-electron chi connectivity index (χ4n) is 5.59.